The van der Waals surface area contributed by atoms with Crippen molar-refractivity contribution in [2.75, 3.05) is 19.7 Å². The van der Waals surface area contributed by atoms with Gasteiger partial charge in [0, 0.05) is 30.7 Å². The molecule has 1 aromatic carbocycles. The second-order valence-corrected chi connectivity index (χ2v) is 6.51. The van der Waals surface area contributed by atoms with Crippen LogP contribution in [0, 0.1) is 13.8 Å². The largest absolute Gasteiger partial charge is 0.451 e. The van der Waals surface area contributed by atoms with Gasteiger partial charge in [-0.1, -0.05) is 18.2 Å². The number of fused-ring (bicyclic) bond motifs is 1. The standard InChI is InChI=1S/C19H21N3O3/c1-12-10-21(3)18(20-12)16-11-22(8-9-24-16)19(23)17-13(2)14-6-4-5-7-15(14)25-17/h4-7,10,16H,8-9,11H2,1-3H3. The lowest BCUT2D eigenvalue weighted by Gasteiger charge is -2.32. The molecule has 25 heavy (non-hydrogen) atoms. The molecule has 4 rings (SSSR count). The highest BCUT2D eigenvalue weighted by Gasteiger charge is 2.31. The van der Waals surface area contributed by atoms with E-state index in [1.165, 1.54) is 0 Å². The molecule has 0 spiro atoms. The van der Waals surface area contributed by atoms with Crippen molar-refractivity contribution in [3.05, 3.63) is 53.3 Å². The zero-order valence-electron chi connectivity index (χ0n) is 14.7. The second kappa shape index (κ2) is 6.04. The van der Waals surface area contributed by atoms with Gasteiger partial charge in [0.1, 0.15) is 17.5 Å². The Morgan fingerprint density at radius 1 is 1.28 bits per heavy atom. The summed E-state index contributed by atoms with van der Waals surface area (Å²) in [6, 6.07) is 7.72. The number of imidazole rings is 1. The Morgan fingerprint density at radius 2 is 2.08 bits per heavy atom. The number of nitrogens with zero attached hydrogens (tertiary/aromatic N) is 3. The highest BCUT2D eigenvalue weighted by molar-refractivity contribution is 5.99. The number of ether oxygens (including phenoxy) is 1. The zero-order chi connectivity index (χ0) is 17.6. The fraction of sp³-hybridized carbons (Fsp3) is 0.368. The normalized spacial score (nSPS) is 18.0. The van der Waals surface area contributed by atoms with Gasteiger partial charge in [-0.3, -0.25) is 4.79 Å². The van der Waals surface area contributed by atoms with Gasteiger partial charge in [-0.25, -0.2) is 4.98 Å². The Balaban J connectivity index is 1.61. The first-order valence-corrected chi connectivity index (χ1v) is 8.43. The van der Waals surface area contributed by atoms with Gasteiger partial charge >= 0.3 is 0 Å². The maximum Gasteiger partial charge on any atom is 0.290 e. The molecule has 0 aliphatic carbocycles. The second-order valence-electron chi connectivity index (χ2n) is 6.51. The Morgan fingerprint density at radius 3 is 2.80 bits per heavy atom. The van der Waals surface area contributed by atoms with Crippen LogP contribution in [0.1, 0.15) is 33.7 Å². The van der Waals surface area contributed by atoms with Crippen LogP contribution in [0.15, 0.2) is 34.9 Å². The molecule has 0 bridgehead atoms. The number of amides is 1. The van der Waals surface area contributed by atoms with Crippen molar-refractivity contribution in [1.29, 1.82) is 0 Å². The molecule has 6 nitrogen and oxygen atoms in total. The summed E-state index contributed by atoms with van der Waals surface area (Å²) >= 11 is 0. The monoisotopic (exact) mass is 339 g/mol. The molecule has 1 fully saturated rings. The molecule has 0 saturated carbocycles. The maximum absolute atomic E-state index is 13.0. The van der Waals surface area contributed by atoms with E-state index in [1.54, 1.807) is 4.90 Å². The van der Waals surface area contributed by atoms with E-state index in [2.05, 4.69) is 4.98 Å². The van der Waals surface area contributed by atoms with Crippen LogP contribution < -0.4 is 0 Å². The van der Waals surface area contributed by atoms with Gasteiger partial charge < -0.3 is 18.6 Å². The molecular formula is C19H21N3O3. The van der Waals surface area contributed by atoms with Crippen molar-refractivity contribution in [3.8, 4) is 0 Å². The lowest BCUT2D eigenvalue weighted by Crippen LogP contribution is -2.42. The third kappa shape index (κ3) is 2.72. The third-order valence-corrected chi connectivity index (χ3v) is 4.71. The Kier molecular flexibility index (Phi) is 3.84. The van der Waals surface area contributed by atoms with Crippen molar-refractivity contribution < 1.29 is 13.9 Å². The first-order chi connectivity index (χ1) is 12.0. The number of hydrogen-bond acceptors (Lipinski definition) is 4. The van der Waals surface area contributed by atoms with Crippen LogP contribution in [0.4, 0.5) is 0 Å². The number of carbonyl (C=O) groups excluding carboxylic acids is 1. The third-order valence-electron chi connectivity index (χ3n) is 4.71. The van der Waals surface area contributed by atoms with Crippen molar-refractivity contribution in [2.24, 2.45) is 7.05 Å². The fourth-order valence-electron chi connectivity index (χ4n) is 3.45. The number of furan rings is 1. The quantitative estimate of drug-likeness (QED) is 0.720. The minimum absolute atomic E-state index is 0.0899. The van der Waals surface area contributed by atoms with Crippen molar-refractivity contribution >= 4 is 16.9 Å². The lowest BCUT2D eigenvalue weighted by atomic mass is 10.1. The van der Waals surface area contributed by atoms with Gasteiger partial charge in [0.15, 0.2) is 5.76 Å². The van der Waals surface area contributed by atoms with Crippen molar-refractivity contribution in [2.45, 2.75) is 20.0 Å². The summed E-state index contributed by atoms with van der Waals surface area (Å²) in [5.74, 6) is 1.17. The first-order valence-electron chi connectivity index (χ1n) is 8.43. The van der Waals surface area contributed by atoms with Crippen molar-refractivity contribution in [3.63, 3.8) is 0 Å². The van der Waals surface area contributed by atoms with E-state index < -0.39 is 0 Å². The summed E-state index contributed by atoms with van der Waals surface area (Å²) in [5.41, 5.74) is 2.57. The molecule has 130 valence electrons. The van der Waals surface area contributed by atoms with Gasteiger partial charge in [-0.15, -0.1) is 0 Å². The van der Waals surface area contributed by atoms with Gasteiger partial charge in [-0.2, -0.15) is 0 Å². The van der Waals surface area contributed by atoms with Crippen LogP contribution in [0.25, 0.3) is 11.0 Å². The number of para-hydroxylation sites is 1. The van der Waals surface area contributed by atoms with Crippen LogP contribution in [-0.2, 0) is 11.8 Å². The van der Waals surface area contributed by atoms with Crippen molar-refractivity contribution in [1.82, 2.24) is 14.5 Å². The van der Waals surface area contributed by atoms with E-state index in [-0.39, 0.29) is 12.0 Å². The number of carbonyl (C=O) groups is 1. The number of aromatic nitrogens is 2. The Hall–Kier alpha value is -2.60. The van der Waals surface area contributed by atoms with Crippen LogP contribution in [0.3, 0.4) is 0 Å². The van der Waals surface area contributed by atoms with E-state index in [1.807, 2.05) is 55.9 Å². The topological polar surface area (TPSA) is 60.5 Å². The maximum atomic E-state index is 13.0. The molecule has 1 amide bonds. The van der Waals surface area contributed by atoms with Crippen LogP contribution in [0.2, 0.25) is 0 Å². The molecule has 1 aliphatic rings. The Bertz CT molecular complexity index is 941. The molecule has 1 unspecified atom stereocenters. The van der Waals surface area contributed by atoms with E-state index in [0.717, 1.165) is 28.1 Å². The molecule has 3 heterocycles. The SMILES string of the molecule is Cc1cn(C)c(C2CN(C(=O)c3oc4ccccc4c3C)CCO2)n1. The molecular weight excluding hydrogens is 318 g/mol. The van der Waals surface area contributed by atoms with Gasteiger partial charge in [-0.05, 0) is 19.9 Å². The summed E-state index contributed by atoms with van der Waals surface area (Å²) in [7, 11) is 1.95. The van der Waals surface area contributed by atoms with Gasteiger partial charge in [0.05, 0.1) is 18.8 Å². The number of rotatable bonds is 2. The molecule has 1 atom stereocenters. The predicted octanol–water partition coefficient (Wildman–Crippen LogP) is 3.00. The van der Waals surface area contributed by atoms with Crippen LogP contribution in [-0.4, -0.2) is 40.1 Å². The summed E-state index contributed by atoms with van der Waals surface area (Å²) in [6.07, 6.45) is 1.74. The number of hydrogen-bond donors (Lipinski definition) is 0. The minimum Gasteiger partial charge on any atom is -0.451 e. The summed E-state index contributed by atoms with van der Waals surface area (Å²) in [5, 5.41) is 0.982. The zero-order valence-corrected chi connectivity index (χ0v) is 14.7. The van der Waals surface area contributed by atoms with E-state index in [9.17, 15) is 4.79 Å². The van der Waals surface area contributed by atoms with Gasteiger partial charge in [0.2, 0.25) is 0 Å². The van der Waals surface area contributed by atoms with Gasteiger partial charge in [0.25, 0.3) is 5.91 Å². The minimum atomic E-state index is -0.221. The average molecular weight is 339 g/mol. The predicted molar refractivity (Wildman–Crippen MR) is 93.5 cm³/mol. The molecule has 6 heteroatoms. The molecule has 2 aromatic heterocycles. The summed E-state index contributed by atoms with van der Waals surface area (Å²) in [4.78, 5) is 19.3. The fourth-order valence-corrected chi connectivity index (χ4v) is 3.45. The number of aryl methyl sites for hydroxylation is 3. The number of benzene rings is 1. The average Bonchev–Trinajstić information content (AvgIpc) is 3.14. The van der Waals surface area contributed by atoms with E-state index >= 15 is 0 Å². The molecule has 1 aliphatic heterocycles. The number of morpholine rings is 1. The lowest BCUT2D eigenvalue weighted by molar-refractivity contribution is -0.0288. The summed E-state index contributed by atoms with van der Waals surface area (Å²) < 4.78 is 13.6. The van der Waals surface area contributed by atoms with E-state index in [4.69, 9.17) is 9.15 Å². The molecule has 1 saturated heterocycles. The highest BCUT2D eigenvalue weighted by Crippen LogP contribution is 2.28. The Labute approximate surface area is 146 Å². The highest BCUT2D eigenvalue weighted by atomic mass is 16.5. The molecule has 3 aromatic rings. The first kappa shape index (κ1) is 15.9. The van der Waals surface area contributed by atoms with E-state index in [0.29, 0.717) is 25.5 Å². The van der Waals surface area contributed by atoms with Crippen LogP contribution >= 0.6 is 0 Å². The summed E-state index contributed by atoms with van der Waals surface area (Å²) in [6.45, 7) is 5.39. The molecule has 0 N–H and O–H groups in total. The smallest absolute Gasteiger partial charge is 0.290 e. The van der Waals surface area contributed by atoms with Crippen LogP contribution in [0.5, 0.6) is 0 Å². The molecule has 0 radical (unpaired) electrons.